The second-order valence-corrected chi connectivity index (χ2v) is 10.1. The average molecular weight is 379 g/mol. The summed E-state index contributed by atoms with van der Waals surface area (Å²) < 4.78 is 12.6. The number of methoxy groups -OCH3 is 2. The van der Waals surface area contributed by atoms with Crippen molar-refractivity contribution < 1.29 is 9.47 Å². The maximum atomic E-state index is 6.28. The maximum Gasteiger partial charge on any atom is 0.297 e. The van der Waals surface area contributed by atoms with E-state index in [0.717, 1.165) is 12.8 Å². The lowest BCUT2D eigenvalue weighted by Crippen LogP contribution is -2.50. The predicted octanol–water partition coefficient (Wildman–Crippen LogP) is 4.73. The van der Waals surface area contributed by atoms with Crippen molar-refractivity contribution in [3.05, 3.63) is 91.0 Å². The highest BCUT2D eigenvalue weighted by atomic mass is 31.2. The third-order valence-electron chi connectivity index (χ3n) is 5.15. The first-order chi connectivity index (χ1) is 13.2. The van der Waals surface area contributed by atoms with Gasteiger partial charge in [-0.2, -0.15) is 0 Å². The molecule has 0 amide bonds. The first kappa shape index (κ1) is 19.8. The lowest BCUT2D eigenvalue weighted by Gasteiger charge is -2.42. The Morgan fingerprint density at radius 1 is 0.630 bits per heavy atom. The van der Waals surface area contributed by atoms with Crippen LogP contribution in [0.1, 0.15) is 19.8 Å². The van der Waals surface area contributed by atoms with Gasteiger partial charge in [0.2, 0.25) is 0 Å². The Morgan fingerprint density at radius 3 is 1.22 bits per heavy atom. The molecule has 0 unspecified atom stereocenters. The molecule has 3 aromatic carbocycles. The highest BCUT2D eigenvalue weighted by Crippen LogP contribution is 2.67. The highest BCUT2D eigenvalue weighted by Gasteiger charge is 2.64. The zero-order valence-electron chi connectivity index (χ0n) is 16.3. The van der Waals surface area contributed by atoms with Crippen LogP contribution >= 0.6 is 7.26 Å². The number of hydrogen-bond acceptors (Lipinski definition) is 2. The molecular weight excluding hydrogens is 351 g/mol. The lowest BCUT2D eigenvalue weighted by atomic mass is 10.3. The van der Waals surface area contributed by atoms with Gasteiger partial charge in [0.25, 0.3) is 5.53 Å². The van der Waals surface area contributed by atoms with Gasteiger partial charge in [-0.25, -0.2) is 0 Å². The molecule has 0 spiro atoms. The summed E-state index contributed by atoms with van der Waals surface area (Å²) in [5.41, 5.74) is -0.730. The van der Waals surface area contributed by atoms with Crippen molar-refractivity contribution in [2.75, 3.05) is 14.2 Å². The van der Waals surface area contributed by atoms with Crippen molar-refractivity contribution in [2.45, 2.75) is 25.3 Å². The number of rotatable bonds is 8. The Hall–Kier alpha value is -1.99. The molecule has 0 saturated carbocycles. The molecule has 2 nitrogen and oxygen atoms in total. The second-order valence-electron chi connectivity index (χ2n) is 6.55. The average Bonchev–Trinajstić information content (AvgIpc) is 2.76. The summed E-state index contributed by atoms with van der Waals surface area (Å²) in [6, 6.07) is 32.2. The summed E-state index contributed by atoms with van der Waals surface area (Å²) in [5.74, 6) is 0. The van der Waals surface area contributed by atoms with Crippen LogP contribution in [0.15, 0.2) is 91.0 Å². The summed E-state index contributed by atoms with van der Waals surface area (Å²) in [4.78, 5) is 0. The van der Waals surface area contributed by atoms with E-state index in [9.17, 15) is 0 Å². The zero-order valence-corrected chi connectivity index (χ0v) is 17.2. The van der Waals surface area contributed by atoms with Crippen LogP contribution in [0.4, 0.5) is 0 Å². The number of benzene rings is 3. The Bertz CT molecular complexity index is 718. The molecule has 3 aromatic rings. The first-order valence-electron chi connectivity index (χ1n) is 9.41. The monoisotopic (exact) mass is 379 g/mol. The molecule has 3 heteroatoms. The van der Waals surface area contributed by atoms with Crippen molar-refractivity contribution >= 4 is 23.2 Å². The molecule has 0 radical (unpaired) electrons. The van der Waals surface area contributed by atoms with Gasteiger partial charge in [-0.1, -0.05) is 61.5 Å². The molecule has 0 atom stereocenters. The topological polar surface area (TPSA) is 18.5 Å². The summed E-state index contributed by atoms with van der Waals surface area (Å²) in [5, 5.41) is 3.79. The molecule has 0 aromatic heterocycles. The van der Waals surface area contributed by atoms with E-state index in [0.29, 0.717) is 0 Å². The van der Waals surface area contributed by atoms with Gasteiger partial charge in [-0.05, 0) is 42.8 Å². The normalized spacial score (nSPS) is 12.1. The van der Waals surface area contributed by atoms with E-state index in [-0.39, 0.29) is 0 Å². The van der Waals surface area contributed by atoms with Crippen LogP contribution in [0, 0.1) is 0 Å². The molecule has 0 N–H and O–H groups in total. The summed E-state index contributed by atoms with van der Waals surface area (Å²) >= 11 is 0. The summed E-state index contributed by atoms with van der Waals surface area (Å²) in [6.45, 7) is 2.18. The van der Waals surface area contributed by atoms with Crippen LogP contribution in [0.5, 0.6) is 0 Å². The quantitative estimate of drug-likeness (QED) is 0.416. The molecule has 0 fully saturated rings. The zero-order chi connectivity index (χ0) is 19.2. The SMILES string of the molecule is CCCC(OC)(OC)[P+](c1ccccc1)(c1ccccc1)c1ccccc1. The molecule has 0 aliphatic carbocycles. The van der Waals surface area contributed by atoms with Gasteiger partial charge in [0.15, 0.2) is 7.26 Å². The first-order valence-corrected chi connectivity index (χ1v) is 11.2. The molecular formula is C24H28O2P+. The summed E-state index contributed by atoms with van der Waals surface area (Å²) in [7, 11) is 1.31. The minimum absolute atomic E-state index is 0.730. The van der Waals surface area contributed by atoms with E-state index in [1.54, 1.807) is 14.2 Å². The van der Waals surface area contributed by atoms with Crippen LogP contribution in [0.2, 0.25) is 0 Å². The Balaban J connectivity index is 2.46. The largest absolute Gasteiger partial charge is 0.321 e. The van der Waals surface area contributed by atoms with Crippen LogP contribution in [-0.4, -0.2) is 19.7 Å². The molecule has 27 heavy (non-hydrogen) atoms. The van der Waals surface area contributed by atoms with Crippen LogP contribution in [0.3, 0.4) is 0 Å². The van der Waals surface area contributed by atoms with Crippen molar-refractivity contribution in [2.24, 2.45) is 0 Å². The van der Waals surface area contributed by atoms with E-state index in [2.05, 4.69) is 97.9 Å². The molecule has 0 saturated heterocycles. The van der Waals surface area contributed by atoms with Crippen molar-refractivity contribution in [1.82, 2.24) is 0 Å². The van der Waals surface area contributed by atoms with E-state index < -0.39 is 12.8 Å². The fourth-order valence-corrected chi connectivity index (χ4v) is 9.08. The molecule has 140 valence electrons. The van der Waals surface area contributed by atoms with Crippen molar-refractivity contribution in [3.8, 4) is 0 Å². The second kappa shape index (κ2) is 8.80. The van der Waals surface area contributed by atoms with E-state index in [4.69, 9.17) is 9.47 Å². The Morgan fingerprint density at radius 2 is 0.963 bits per heavy atom. The predicted molar refractivity (Wildman–Crippen MR) is 117 cm³/mol. The fourth-order valence-electron chi connectivity index (χ4n) is 4.04. The van der Waals surface area contributed by atoms with Gasteiger partial charge in [0.05, 0.1) is 0 Å². The lowest BCUT2D eigenvalue weighted by molar-refractivity contribution is -0.143. The number of ether oxygens (including phenoxy) is 2. The van der Waals surface area contributed by atoms with Gasteiger partial charge in [0, 0.05) is 20.6 Å². The van der Waals surface area contributed by atoms with Crippen molar-refractivity contribution in [1.29, 1.82) is 0 Å². The Kier molecular flexibility index (Phi) is 6.44. The molecule has 0 heterocycles. The smallest absolute Gasteiger partial charge is 0.297 e. The van der Waals surface area contributed by atoms with Gasteiger partial charge in [-0.3, -0.25) is 0 Å². The minimum Gasteiger partial charge on any atom is -0.321 e. The van der Waals surface area contributed by atoms with Crippen molar-refractivity contribution in [3.63, 3.8) is 0 Å². The van der Waals surface area contributed by atoms with E-state index in [1.807, 2.05) is 0 Å². The van der Waals surface area contributed by atoms with E-state index >= 15 is 0 Å². The molecule has 0 aliphatic heterocycles. The van der Waals surface area contributed by atoms with Gasteiger partial charge < -0.3 is 9.47 Å². The highest BCUT2D eigenvalue weighted by molar-refractivity contribution is 7.96. The number of hydrogen-bond donors (Lipinski definition) is 0. The standard InChI is InChI=1S/C24H28O2P/c1-4-20-24(25-2,26-3)27(21-14-8-5-9-15-21,22-16-10-6-11-17-22)23-18-12-7-13-19-23/h5-19H,4,20H2,1-3H3/q+1. The minimum atomic E-state index is -2.26. The van der Waals surface area contributed by atoms with Gasteiger partial charge >= 0.3 is 0 Å². The fraction of sp³-hybridized carbons (Fsp3) is 0.250. The molecule has 0 aliphatic rings. The van der Waals surface area contributed by atoms with Gasteiger partial charge in [0.1, 0.15) is 15.9 Å². The van der Waals surface area contributed by atoms with Gasteiger partial charge in [-0.15, -0.1) is 0 Å². The van der Waals surface area contributed by atoms with Crippen LogP contribution in [0.25, 0.3) is 0 Å². The maximum absolute atomic E-state index is 6.28. The van der Waals surface area contributed by atoms with Crippen LogP contribution < -0.4 is 15.9 Å². The molecule has 3 rings (SSSR count). The Labute approximate surface area is 163 Å². The summed E-state index contributed by atoms with van der Waals surface area (Å²) in [6.07, 6.45) is 1.78. The van der Waals surface area contributed by atoms with E-state index in [1.165, 1.54) is 15.9 Å². The third-order valence-corrected chi connectivity index (χ3v) is 9.97. The third kappa shape index (κ3) is 3.34. The molecule has 0 bridgehead atoms. The van der Waals surface area contributed by atoms with Crippen LogP contribution in [-0.2, 0) is 9.47 Å².